The highest BCUT2D eigenvalue weighted by molar-refractivity contribution is 6.14. The number of amides is 5. The third-order valence-electron chi connectivity index (χ3n) is 10.5. The summed E-state index contributed by atoms with van der Waals surface area (Å²) in [6.07, 6.45) is 5.26. The first-order valence-corrected chi connectivity index (χ1v) is 20.2. The van der Waals surface area contributed by atoms with Crippen LogP contribution in [0.5, 0.6) is 17.2 Å². The molecular weight excluding hydrogens is 847 g/mol. The van der Waals surface area contributed by atoms with E-state index in [-0.39, 0.29) is 69.7 Å². The normalized spacial score (nSPS) is 12.8. The number of rotatable bonds is 6. The van der Waals surface area contributed by atoms with Crippen molar-refractivity contribution >= 4 is 58.0 Å². The number of aromatic nitrogens is 2. The number of ether oxygens (including phenoxy) is 2. The lowest BCUT2D eigenvalue weighted by atomic mass is 10.1. The van der Waals surface area contributed by atoms with Gasteiger partial charge in [0, 0.05) is 37.9 Å². The van der Waals surface area contributed by atoms with Gasteiger partial charge >= 0.3 is 0 Å². The molecule has 5 amide bonds. The molecule has 0 saturated heterocycles. The number of methoxy groups -OCH3 is 2. The van der Waals surface area contributed by atoms with Gasteiger partial charge in [0.15, 0.2) is 17.2 Å². The number of nitrogens with zero attached hydrogens (tertiary/aromatic N) is 2. The lowest BCUT2D eigenvalue weighted by molar-refractivity contribution is 0.101. The highest BCUT2D eigenvalue weighted by Crippen LogP contribution is 2.35. The van der Waals surface area contributed by atoms with E-state index in [0.717, 1.165) is 11.1 Å². The number of para-hydroxylation sites is 3. The Balaban J connectivity index is 1.30. The van der Waals surface area contributed by atoms with Gasteiger partial charge in [-0.25, -0.2) is 0 Å². The van der Waals surface area contributed by atoms with E-state index < -0.39 is 57.3 Å². The van der Waals surface area contributed by atoms with E-state index in [1.807, 2.05) is 60.7 Å². The topological polar surface area (TPSA) is 228 Å². The number of pyridine rings is 2. The summed E-state index contributed by atoms with van der Waals surface area (Å²) in [5.74, 6) is -5.31. The first-order chi connectivity index (χ1) is 31.9. The molecule has 0 unspecified atom stereocenters. The number of anilines is 5. The van der Waals surface area contributed by atoms with Gasteiger partial charge in [0.2, 0.25) is 10.9 Å². The van der Waals surface area contributed by atoms with Crippen molar-refractivity contribution < 1.29 is 38.6 Å². The van der Waals surface area contributed by atoms with Gasteiger partial charge < -0.3 is 50.3 Å². The van der Waals surface area contributed by atoms with E-state index in [0.29, 0.717) is 0 Å². The zero-order valence-electron chi connectivity index (χ0n) is 35.2. The van der Waals surface area contributed by atoms with E-state index in [4.69, 9.17) is 9.47 Å². The second-order valence-electron chi connectivity index (χ2n) is 14.9. The Morgan fingerprint density at radius 3 is 1.17 bits per heavy atom. The lowest BCUT2D eigenvalue weighted by Crippen LogP contribution is -2.31. The van der Waals surface area contributed by atoms with Crippen molar-refractivity contribution in [1.82, 2.24) is 9.13 Å². The first-order valence-electron chi connectivity index (χ1n) is 20.2. The van der Waals surface area contributed by atoms with Gasteiger partial charge in [-0.05, 0) is 47.5 Å². The molecule has 0 spiro atoms. The molecule has 0 saturated carbocycles. The number of aromatic hydroxyl groups is 1. The SMILES string of the molecule is COc1c2cccc1C(=O)Nc1cn(Cc3ccccc3)cc(c1=O)C(=O)Nc1cn(Cc3ccccc3)cc(c1=O)C(=O)Nc1cccc(c1OC)C(=O)Nc1cccc(c1O)C(=O)N2. The number of benzene rings is 5. The summed E-state index contributed by atoms with van der Waals surface area (Å²) in [6, 6.07) is 30.8. The maximum Gasteiger partial charge on any atom is 0.261 e. The largest absolute Gasteiger partial charge is 0.505 e. The third kappa shape index (κ3) is 8.98. The van der Waals surface area contributed by atoms with Crippen LogP contribution in [-0.2, 0) is 13.1 Å². The number of nitrogens with one attached hydrogen (secondary N) is 5. The van der Waals surface area contributed by atoms with Crippen LogP contribution in [0.1, 0.15) is 62.9 Å². The number of hydrogen-bond acceptors (Lipinski definition) is 10. The fourth-order valence-corrected chi connectivity index (χ4v) is 7.38. The molecule has 7 aromatic rings. The molecule has 17 heteroatoms. The quantitative estimate of drug-likeness (QED) is 0.101. The molecule has 330 valence electrons. The van der Waals surface area contributed by atoms with Crippen LogP contribution in [0.15, 0.2) is 150 Å². The van der Waals surface area contributed by atoms with Gasteiger partial charge in [-0.2, -0.15) is 0 Å². The highest BCUT2D eigenvalue weighted by atomic mass is 16.5. The molecule has 3 heterocycles. The number of carbonyl (C=O) groups excluding carboxylic acids is 5. The van der Waals surface area contributed by atoms with E-state index in [2.05, 4.69) is 26.6 Å². The fourth-order valence-electron chi connectivity index (χ4n) is 7.38. The van der Waals surface area contributed by atoms with Crippen molar-refractivity contribution in [1.29, 1.82) is 0 Å². The molecule has 5 aromatic carbocycles. The van der Waals surface area contributed by atoms with Crippen LogP contribution < -0.4 is 46.9 Å². The summed E-state index contributed by atoms with van der Waals surface area (Å²) in [5.41, 5.74) is -2.49. The van der Waals surface area contributed by atoms with Crippen LogP contribution in [0.3, 0.4) is 0 Å². The van der Waals surface area contributed by atoms with Crippen molar-refractivity contribution in [3.05, 3.63) is 199 Å². The van der Waals surface area contributed by atoms with E-state index in [1.165, 1.54) is 103 Å². The molecule has 66 heavy (non-hydrogen) atoms. The number of phenolic OH excluding ortho intramolecular Hbond substituents is 1. The smallest absolute Gasteiger partial charge is 0.261 e. The van der Waals surface area contributed by atoms with Gasteiger partial charge in [-0.1, -0.05) is 78.9 Å². The van der Waals surface area contributed by atoms with Crippen LogP contribution in [0.2, 0.25) is 0 Å². The van der Waals surface area contributed by atoms with Gasteiger partial charge in [0.05, 0.1) is 48.0 Å². The standard InChI is InChI=1S/C49H39N7O10/c1-65-43-31-17-10-21-37(43)52-48(63)33-24-55(22-28-12-5-3-6-13-28)27-39(41(33)58)54-49(64)34-25-56(23-29-14-7-4-8-15-29)26-38(42(34)59)53-47(62)32-18-11-20-36(44(32)66-2)51-45(60)30-16-9-19-35(40(30)57)50-46(31)61/h3-21,24-27,57H,22-23H2,1-2H3,(H,50,61)(H,51,60)(H,52,63)(H,53,62)(H,54,64). The van der Waals surface area contributed by atoms with E-state index in [1.54, 1.807) is 0 Å². The van der Waals surface area contributed by atoms with Crippen molar-refractivity contribution in [2.24, 2.45) is 0 Å². The molecule has 10 bridgehead atoms. The highest BCUT2D eigenvalue weighted by Gasteiger charge is 2.26. The molecule has 0 atom stereocenters. The van der Waals surface area contributed by atoms with Crippen molar-refractivity contribution in [3.63, 3.8) is 0 Å². The number of carbonyl (C=O) groups is 5. The average molecular weight is 886 g/mol. The van der Waals surface area contributed by atoms with Gasteiger partial charge in [-0.15, -0.1) is 0 Å². The van der Waals surface area contributed by atoms with Crippen LogP contribution in [-0.4, -0.2) is 58.0 Å². The van der Waals surface area contributed by atoms with Crippen LogP contribution in [0.25, 0.3) is 0 Å². The van der Waals surface area contributed by atoms with Crippen LogP contribution in [0.4, 0.5) is 28.4 Å². The Labute approximate surface area is 375 Å². The molecule has 17 nitrogen and oxygen atoms in total. The first kappa shape index (κ1) is 43.4. The molecule has 0 fully saturated rings. The summed E-state index contributed by atoms with van der Waals surface area (Å²) >= 11 is 0. The predicted molar refractivity (Wildman–Crippen MR) is 246 cm³/mol. The monoisotopic (exact) mass is 885 g/mol. The molecule has 1 aliphatic heterocycles. The van der Waals surface area contributed by atoms with Crippen molar-refractivity contribution in [2.45, 2.75) is 13.1 Å². The van der Waals surface area contributed by atoms with Gasteiger partial charge in [-0.3, -0.25) is 33.6 Å². The molecule has 0 radical (unpaired) electrons. The Morgan fingerprint density at radius 1 is 0.394 bits per heavy atom. The Hall–Kier alpha value is -9.25. The zero-order chi connectivity index (χ0) is 46.5. The number of phenols is 1. The minimum atomic E-state index is -1.03. The van der Waals surface area contributed by atoms with Crippen LogP contribution in [0, 0.1) is 0 Å². The number of fused-ring (bicyclic) bond motifs is 10. The van der Waals surface area contributed by atoms with Gasteiger partial charge in [0.1, 0.15) is 22.5 Å². The molecular formula is C49H39N7O10. The second-order valence-corrected chi connectivity index (χ2v) is 14.9. The van der Waals surface area contributed by atoms with Crippen molar-refractivity contribution in [2.75, 3.05) is 40.8 Å². The van der Waals surface area contributed by atoms with Crippen molar-refractivity contribution in [3.8, 4) is 17.2 Å². The minimum absolute atomic E-state index is 0.00729. The Bertz CT molecular complexity index is 3160. The maximum atomic E-state index is 14.3. The Kier molecular flexibility index (Phi) is 12.2. The summed E-state index contributed by atoms with van der Waals surface area (Å²) in [4.78, 5) is 98.6. The summed E-state index contributed by atoms with van der Waals surface area (Å²) in [5, 5.41) is 24.2. The van der Waals surface area contributed by atoms with E-state index in [9.17, 15) is 38.7 Å². The summed E-state index contributed by atoms with van der Waals surface area (Å²) in [6.45, 7) is 0.295. The average Bonchev–Trinajstić information content (AvgIpc) is 3.31. The van der Waals surface area contributed by atoms with Crippen LogP contribution >= 0.6 is 0 Å². The lowest BCUT2D eigenvalue weighted by Gasteiger charge is -2.17. The Morgan fingerprint density at radius 2 is 0.742 bits per heavy atom. The molecule has 8 rings (SSSR count). The zero-order valence-corrected chi connectivity index (χ0v) is 35.2. The third-order valence-corrected chi connectivity index (χ3v) is 10.5. The summed E-state index contributed by atoms with van der Waals surface area (Å²) < 4.78 is 14.2. The minimum Gasteiger partial charge on any atom is -0.505 e. The molecule has 2 aromatic heterocycles. The molecule has 6 N–H and O–H groups in total. The number of hydrogen-bond donors (Lipinski definition) is 6. The maximum absolute atomic E-state index is 14.3. The predicted octanol–water partition coefficient (Wildman–Crippen LogP) is 6.40. The molecule has 1 aliphatic rings. The van der Waals surface area contributed by atoms with E-state index >= 15 is 0 Å². The fraction of sp³-hybridized carbons (Fsp3) is 0.0816. The second kappa shape index (κ2) is 18.6. The van der Waals surface area contributed by atoms with Gasteiger partial charge in [0.25, 0.3) is 29.5 Å². The summed E-state index contributed by atoms with van der Waals surface area (Å²) in [7, 11) is 2.53. The molecule has 0 aliphatic carbocycles.